The van der Waals surface area contributed by atoms with E-state index in [4.69, 9.17) is 9.47 Å². The zero-order chi connectivity index (χ0) is 23.8. The second-order valence-electron chi connectivity index (χ2n) is 9.09. The summed E-state index contributed by atoms with van der Waals surface area (Å²) in [6.07, 6.45) is 1.82. The van der Waals surface area contributed by atoms with E-state index in [1.807, 2.05) is 48.5 Å². The molecule has 0 bridgehead atoms. The van der Waals surface area contributed by atoms with Crippen LogP contribution in [-0.4, -0.2) is 17.4 Å². The molecule has 0 unspecified atom stereocenters. The minimum absolute atomic E-state index is 0.0920. The number of fused-ring (bicyclic) bond motifs is 3. The van der Waals surface area contributed by atoms with E-state index in [0.717, 1.165) is 34.5 Å². The van der Waals surface area contributed by atoms with Crippen LogP contribution in [0.15, 0.2) is 96.8 Å². The van der Waals surface area contributed by atoms with Crippen molar-refractivity contribution in [2.45, 2.75) is 20.0 Å². The van der Waals surface area contributed by atoms with Gasteiger partial charge in [0.2, 0.25) is 5.78 Å². The first-order valence-electron chi connectivity index (χ1n) is 11.8. The van der Waals surface area contributed by atoms with Crippen LogP contribution < -0.4 is 9.47 Å². The SMILES string of the molecule is Cc1ccc(CN2COc3ccc4c(c3C2)O/C(=C\c2ccc(-c3ccccc3)cc2)C4=O)cc1. The lowest BCUT2D eigenvalue weighted by molar-refractivity contribution is 0.0873. The Morgan fingerprint density at radius 1 is 0.857 bits per heavy atom. The third-order valence-corrected chi connectivity index (χ3v) is 6.52. The highest BCUT2D eigenvalue weighted by atomic mass is 16.5. The Kier molecular flexibility index (Phi) is 5.44. The number of rotatable bonds is 4. The first-order valence-corrected chi connectivity index (χ1v) is 11.8. The molecule has 4 nitrogen and oxygen atoms in total. The van der Waals surface area contributed by atoms with Crippen LogP contribution in [0.4, 0.5) is 0 Å². The third-order valence-electron chi connectivity index (χ3n) is 6.52. The van der Waals surface area contributed by atoms with Gasteiger partial charge < -0.3 is 9.47 Å². The summed E-state index contributed by atoms with van der Waals surface area (Å²) < 4.78 is 12.2. The number of ketones is 1. The zero-order valence-corrected chi connectivity index (χ0v) is 19.5. The van der Waals surface area contributed by atoms with E-state index in [9.17, 15) is 4.79 Å². The van der Waals surface area contributed by atoms with Gasteiger partial charge in [0.15, 0.2) is 5.76 Å². The van der Waals surface area contributed by atoms with Gasteiger partial charge in [0.1, 0.15) is 18.2 Å². The van der Waals surface area contributed by atoms with Crippen molar-refractivity contribution in [3.05, 3.63) is 125 Å². The second kappa shape index (κ2) is 8.90. The quantitative estimate of drug-likeness (QED) is 0.321. The maximum Gasteiger partial charge on any atom is 0.231 e. The molecule has 0 radical (unpaired) electrons. The molecule has 2 aliphatic heterocycles. The number of hydrogen-bond donors (Lipinski definition) is 0. The Morgan fingerprint density at radius 3 is 2.37 bits per heavy atom. The van der Waals surface area contributed by atoms with Crippen LogP contribution >= 0.6 is 0 Å². The number of aryl methyl sites for hydroxylation is 1. The molecule has 4 heteroatoms. The summed E-state index contributed by atoms with van der Waals surface area (Å²) in [7, 11) is 0. The number of nitrogens with zero attached hydrogens (tertiary/aromatic N) is 1. The minimum Gasteiger partial charge on any atom is -0.478 e. The van der Waals surface area contributed by atoms with E-state index in [-0.39, 0.29) is 5.78 Å². The van der Waals surface area contributed by atoms with Crippen LogP contribution in [0.25, 0.3) is 17.2 Å². The summed E-state index contributed by atoms with van der Waals surface area (Å²) in [5.74, 6) is 1.65. The lowest BCUT2D eigenvalue weighted by Gasteiger charge is -2.29. The Morgan fingerprint density at radius 2 is 1.60 bits per heavy atom. The maximum absolute atomic E-state index is 13.1. The summed E-state index contributed by atoms with van der Waals surface area (Å²) in [6.45, 7) is 4.03. The Hall–Kier alpha value is -4.15. The Balaban J connectivity index is 1.23. The average molecular weight is 460 g/mol. The molecule has 4 aromatic carbocycles. The van der Waals surface area contributed by atoms with Crippen molar-refractivity contribution in [3.8, 4) is 22.6 Å². The predicted octanol–water partition coefficient (Wildman–Crippen LogP) is 6.63. The van der Waals surface area contributed by atoms with Gasteiger partial charge in [0, 0.05) is 13.1 Å². The molecule has 0 amide bonds. The number of ether oxygens (including phenoxy) is 2. The molecular formula is C31H25NO3. The van der Waals surface area contributed by atoms with Crippen molar-refractivity contribution in [2.24, 2.45) is 0 Å². The molecule has 0 aromatic heterocycles. The topological polar surface area (TPSA) is 38.8 Å². The van der Waals surface area contributed by atoms with Crippen LogP contribution in [0, 0.1) is 6.92 Å². The molecule has 2 aliphatic rings. The van der Waals surface area contributed by atoms with Gasteiger partial charge in [-0.2, -0.15) is 0 Å². The smallest absolute Gasteiger partial charge is 0.231 e. The molecule has 0 saturated heterocycles. The van der Waals surface area contributed by atoms with E-state index in [2.05, 4.69) is 60.4 Å². The fraction of sp³-hybridized carbons (Fsp3) is 0.129. The Bertz CT molecular complexity index is 1420. The number of hydrogen-bond acceptors (Lipinski definition) is 4. The monoisotopic (exact) mass is 459 g/mol. The predicted molar refractivity (Wildman–Crippen MR) is 137 cm³/mol. The molecule has 0 aliphatic carbocycles. The van der Waals surface area contributed by atoms with E-state index in [1.54, 1.807) is 0 Å². The molecule has 2 heterocycles. The molecule has 6 rings (SSSR count). The molecule has 4 aromatic rings. The molecule has 0 spiro atoms. The molecule has 0 saturated carbocycles. The first kappa shape index (κ1) is 21.4. The van der Waals surface area contributed by atoms with Crippen LogP contribution in [0.2, 0.25) is 0 Å². The van der Waals surface area contributed by atoms with E-state index < -0.39 is 0 Å². The lowest BCUT2D eigenvalue weighted by Crippen LogP contribution is -2.31. The van der Waals surface area contributed by atoms with Gasteiger partial charge in [-0.05, 0) is 47.4 Å². The van der Waals surface area contributed by atoms with Crippen LogP contribution in [0.3, 0.4) is 0 Å². The summed E-state index contributed by atoms with van der Waals surface area (Å²) in [6, 6.07) is 30.6. The zero-order valence-electron chi connectivity index (χ0n) is 19.5. The second-order valence-corrected chi connectivity index (χ2v) is 9.09. The number of Topliss-reactive ketones (excluding diaryl/α,β-unsaturated/α-hetero) is 1. The first-order chi connectivity index (χ1) is 17.1. The largest absolute Gasteiger partial charge is 0.478 e. The summed E-state index contributed by atoms with van der Waals surface area (Å²) in [5.41, 5.74) is 7.21. The highest BCUT2D eigenvalue weighted by Crippen LogP contribution is 2.42. The number of allylic oxidation sites excluding steroid dienone is 1. The number of benzene rings is 4. The van der Waals surface area contributed by atoms with Crippen molar-refractivity contribution >= 4 is 11.9 Å². The van der Waals surface area contributed by atoms with Crippen molar-refractivity contribution in [3.63, 3.8) is 0 Å². The molecule has 172 valence electrons. The fourth-order valence-corrected chi connectivity index (χ4v) is 4.61. The summed E-state index contributed by atoms with van der Waals surface area (Å²) in [4.78, 5) is 15.3. The van der Waals surface area contributed by atoms with Gasteiger partial charge in [0.25, 0.3) is 0 Å². The van der Waals surface area contributed by atoms with Gasteiger partial charge in [0.05, 0.1) is 11.1 Å². The van der Waals surface area contributed by atoms with Gasteiger partial charge in [-0.1, -0.05) is 84.4 Å². The minimum atomic E-state index is -0.0920. The van der Waals surface area contributed by atoms with E-state index in [0.29, 0.717) is 30.3 Å². The van der Waals surface area contributed by atoms with Crippen molar-refractivity contribution < 1.29 is 14.3 Å². The molecule has 0 N–H and O–H groups in total. The standard InChI is InChI=1S/C31H25NO3/c1-21-7-9-23(10-8-21)18-32-19-27-28(34-20-32)16-15-26-30(33)29(35-31(26)27)17-22-11-13-25(14-12-22)24-5-3-2-4-6-24/h2-17H,18-20H2,1H3/b29-17-. The molecular weight excluding hydrogens is 434 g/mol. The van der Waals surface area contributed by atoms with Crippen molar-refractivity contribution in [1.82, 2.24) is 4.90 Å². The molecule has 0 atom stereocenters. The van der Waals surface area contributed by atoms with Gasteiger partial charge >= 0.3 is 0 Å². The Labute approximate surface area is 205 Å². The lowest BCUT2D eigenvalue weighted by atomic mass is 10.0. The molecule has 35 heavy (non-hydrogen) atoms. The number of carbonyl (C=O) groups excluding carboxylic acids is 1. The van der Waals surface area contributed by atoms with E-state index >= 15 is 0 Å². The summed E-state index contributed by atoms with van der Waals surface area (Å²) >= 11 is 0. The summed E-state index contributed by atoms with van der Waals surface area (Å²) in [5, 5.41) is 0. The average Bonchev–Trinajstić information content (AvgIpc) is 3.22. The van der Waals surface area contributed by atoms with Crippen LogP contribution in [0.1, 0.15) is 32.6 Å². The normalized spacial score (nSPS) is 15.9. The van der Waals surface area contributed by atoms with Gasteiger partial charge in [-0.3, -0.25) is 9.69 Å². The van der Waals surface area contributed by atoms with Crippen LogP contribution in [0.5, 0.6) is 11.5 Å². The van der Waals surface area contributed by atoms with Gasteiger partial charge in [-0.15, -0.1) is 0 Å². The van der Waals surface area contributed by atoms with Crippen molar-refractivity contribution in [1.29, 1.82) is 0 Å². The van der Waals surface area contributed by atoms with E-state index in [1.165, 1.54) is 11.1 Å². The maximum atomic E-state index is 13.1. The van der Waals surface area contributed by atoms with Gasteiger partial charge in [-0.25, -0.2) is 0 Å². The molecule has 0 fully saturated rings. The van der Waals surface area contributed by atoms with Crippen LogP contribution in [-0.2, 0) is 13.1 Å². The third kappa shape index (κ3) is 4.25. The highest BCUT2D eigenvalue weighted by molar-refractivity contribution is 6.15. The van der Waals surface area contributed by atoms with Crippen molar-refractivity contribution in [2.75, 3.05) is 6.73 Å². The highest BCUT2D eigenvalue weighted by Gasteiger charge is 2.33. The fourth-order valence-electron chi connectivity index (χ4n) is 4.61. The number of carbonyl (C=O) groups is 1.